The molecule has 2 aliphatic heterocycles. The van der Waals surface area contributed by atoms with E-state index in [1.165, 1.54) is 0 Å². The molecule has 158 valence electrons. The van der Waals surface area contributed by atoms with Gasteiger partial charge in [-0.15, -0.1) is 24.0 Å². The summed E-state index contributed by atoms with van der Waals surface area (Å²) in [6.45, 7) is 9.72. The van der Waals surface area contributed by atoms with Gasteiger partial charge in [-0.1, -0.05) is 0 Å². The van der Waals surface area contributed by atoms with Crippen LogP contribution in [-0.4, -0.2) is 86.0 Å². The summed E-state index contributed by atoms with van der Waals surface area (Å²) in [5.74, 6) is 1.80. The Labute approximate surface area is 185 Å². The second-order valence-electron chi connectivity index (χ2n) is 6.82. The molecule has 8 nitrogen and oxygen atoms in total. The molecule has 2 saturated heterocycles. The van der Waals surface area contributed by atoms with Crippen molar-refractivity contribution < 1.29 is 9.47 Å². The lowest BCUT2D eigenvalue weighted by atomic mass is 10.2. The van der Waals surface area contributed by atoms with Gasteiger partial charge in [0, 0.05) is 64.9 Å². The quantitative estimate of drug-likeness (QED) is 0.250. The van der Waals surface area contributed by atoms with E-state index in [0.29, 0.717) is 12.7 Å². The molecule has 3 heterocycles. The Hall–Kier alpha value is -1.20. The number of hydrogen-bond donors (Lipinski definition) is 1. The predicted octanol–water partition coefficient (Wildman–Crippen LogP) is 1.77. The maximum Gasteiger partial charge on any atom is 0.225 e. The molecule has 1 atom stereocenters. The summed E-state index contributed by atoms with van der Waals surface area (Å²) < 4.78 is 11.3. The molecule has 0 radical (unpaired) electrons. The van der Waals surface area contributed by atoms with Crippen molar-refractivity contribution in [2.75, 3.05) is 64.0 Å². The fraction of sp³-hybridized carbons (Fsp3) is 0.737. The second-order valence-corrected chi connectivity index (χ2v) is 6.82. The molecule has 0 aliphatic carbocycles. The van der Waals surface area contributed by atoms with Crippen molar-refractivity contribution in [3.8, 4) is 0 Å². The lowest BCUT2D eigenvalue weighted by Gasteiger charge is -2.36. The first-order valence-electron chi connectivity index (χ1n) is 10.1. The number of aliphatic imine (C=N–C) groups is 1. The molecule has 0 bridgehead atoms. The molecule has 9 heteroatoms. The van der Waals surface area contributed by atoms with Crippen LogP contribution in [0.15, 0.2) is 23.5 Å². The Morgan fingerprint density at radius 3 is 2.75 bits per heavy atom. The number of guanidine groups is 1. The molecule has 3 rings (SSSR count). The highest BCUT2D eigenvalue weighted by molar-refractivity contribution is 14.0. The number of nitrogens with one attached hydrogen (secondary N) is 1. The first-order valence-corrected chi connectivity index (χ1v) is 10.1. The van der Waals surface area contributed by atoms with E-state index >= 15 is 0 Å². The number of ether oxygens (including phenoxy) is 2. The highest BCUT2D eigenvalue weighted by atomic mass is 127. The summed E-state index contributed by atoms with van der Waals surface area (Å²) in [6, 6.07) is 1.85. The Morgan fingerprint density at radius 1 is 1.29 bits per heavy atom. The van der Waals surface area contributed by atoms with Crippen LogP contribution in [0.2, 0.25) is 0 Å². The maximum absolute atomic E-state index is 5.72. The number of halogens is 1. The third kappa shape index (κ3) is 7.32. The molecule has 0 aromatic carbocycles. The molecule has 0 amide bonds. The Morgan fingerprint density at radius 2 is 2.07 bits per heavy atom. The van der Waals surface area contributed by atoms with Crippen molar-refractivity contribution >= 4 is 35.9 Å². The van der Waals surface area contributed by atoms with Crippen molar-refractivity contribution in [3.63, 3.8) is 0 Å². The second kappa shape index (κ2) is 13.1. The molecule has 1 aromatic heterocycles. The zero-order valence-electron chi connectivity index (χ0n) is 16.8. The molecule has 2 fully saturated rings. The maximum atomic E-state index is 5.72. The average Bonchev–Trinajstić information content (AvgIpc) is 3.24. The van der Waals surface area contributed by atoms with Crippen LogP contribution < -0.4 is 10.2 Å². The first kappa shape index (κ1) is 23.1. The van der Waals surface area contributed by atoms with E-state index in [-0.39, 0.29) is 24.0 Å². The van der Waals surface area contributed by atoms with Crippen LogP contribution in [0.3, 0.4) is 0 Å². The van der Waals surface area contributed by atoms with Crippen LogP contribution in [0, 0.1) is 0 Å². The third-order valence-electron chi connectivity index (χ3n) is 4.79. The van der Waals surface area contributed by atoms with Gasteiger partial charge in [-0.05, 0) is 32.3 Å². The van der Waals surface area contributed by atoms with Crippen LogP contribution in [0.4, 0.5) is 5.95 Å². The minimum absolute atomic E-state index is 0. The number of rotatable bonds is 8. The molecule has 0 spiro atoms. The lowest BCUT2D eigenvalue weighted by Crippen LogP contribution is -2.53. The number of nitrogens with zero attached hydrogens (tertiary/aromatic N) is 5. The molecule has 1 unspecified atom stereocenters. The van der Waals surface area contributed by atoms with Crippen LogP contribution >= 0.6 is 24.0 Å². The van der Waals surface area contributed by atoms with Crippen molar-refractivity contribution in [3.05, 3.63) is 18.5 Å². The van der Waals surface area contributed by atoms with Gasteiger partial charge < -0.3 is 24.6 Å². The van der Waals surface area contributed by atoms with Crippen LogP contribution in [-0.2, 0) is 9.47 Å². The Bertz CT molecular complexity index is 563. The van der Waals surface area contributed by atoms with E-state index < -0.39 is 0 Å². The van der Waals surface area contributed by atoms with Gasteiger partial charge in [0.15, 0.2) is 5.96 Å². The van der Waals surface area contributed by atoms with Gasteiger partial charge in [0.25, 0.3) is 0 Å². The summed E-state index contributed by atoms with van der Waals surface area (Å²) in [7, 11) is 0. The molecular weight excluding hydrogens is 471 g/mol. The molecule has 2 aliphatic rings. The average molecular weight is 504 g/mol. The van der Waals surface area contributed by atoms with E-state index in [9.17, 15) is 0 Å². The molecule has 0 saturated carbocycles. The van der Waals surface area contributed by atoms with E-state index in [0.717, 1.165) is 83.7 Å². The van der Waals surface area contributed by atoms with Crippen molar-refractivity contribution in [1.29, 1.82) is 0 Å². The normalized spacial score (nSPS) is 20.2. The van der Waals surface area contributed by atoms with E-state index in [1.54, 1.807) is 12.4 Å². The van der Waals surface area contributed by atoms with Crippen molar-refractivity contribution in [1.82, 2.24) is 20.2 Å². The van der Waals surface area contributed by atoms with Crippen LogP contribution in [0.25, 0.3) is 0 Å². The van der Waals surface area contributed by atoms with E-state index in [2.05, 4.69) is 32.0 Å². The summed E-state index contributed by atoms with van der Waals surface area (Å²) in [4.78, 5) is 18.0. The predicted molar refractivity (Wildman–Crippen MR) is 122 cm³/mol. The summed E-state index contributed by atoms with van der Waals surface area (Å²) >= 11 is 0. The molecule has 28 heavy (non-hydrogen) atoms. The van der Waals surface area contributed by atoms with Crippen molar-refractivity contribution in [2.24, 2.45) is 4.99 Å². The number of aromatic nitrogens is 2. The summed E-state index contributed by atoms with van der Waals surface area (Å²) in [6.07, 6.45) is 7.11. The number of piperazine rings is 1. The topological polar surface area (TPSA) is 75.1 Å². The van der Waals surface area contributed by atoms with Gasteiger partial charge in [-0.2, -0.15) is 0 Å². The Balaban J connectivity index is 0.00000280. The van der Waals surface area contributed by atoms with Gasteiger partial charge >= 0.3 is 0 Å². The minimum atomic E-state index is 0. The van der Waals surface area contributed by atoms with Crippen molar-refractivity contribution in [2.45, 2.75) is 32.3 Å². The smallest absolute Gasteiger partial charge is 0.225 e. The SMILES string of the molecule is CCNC(=NCCCOCC1CCCO1)N1CCN(c2ncccn2)CC1.I. The first-order chi connectivity index (χ1) is 13.4. The van der Waals surface area contributed by atoms with Gasteiger partial charge in [0.1, 0.15) is 0 Å². The number of anilines is 1. The van der Waals surface area contributed by atoms with Gasteiger partial charge in [0.05, 0.1) is 12.7 Å². The zero-order valence-corrected chi connectivity index (χ0v) is 19.1. The van der Waals surface area contributed by atoms with Gasteiger partial charge in [-0.3, -0.25) is 4.99 Å². The van der Waals surface area contributed by atoms with Gasteiger partial charge in [-0.25, -0.2) is 9.97 Å². The van der Waals surface area contributed by atoms with E-state index in [1.807, 2.05) is 6.07 Å². The van der Waals surface area contributed by atoms with E-state index in [4.69, 9.17) is 14.5 Å². The largest absolute Gasteiger partial charge is 0.379 e. The molecule has 1 N–H and O–H groups in total. The fourth-order valence-electron chi connectivity index (χ4n) is 3.34. The molecular formula is C19H33IN6O2. The fourth-order valence-corrected chi connectivity index (χ4v) is 3.34. The van der Waals surface area contributed by atoms with Crippen LogP contribution in [0.5, 0.6) is 0 Å². The highest BCUT2D eigenvalue weighted by Gasteiger charge is 2.21. The lowest BCUT2D eigenvalue weighted by molar-refractivity contribution is 0.0170. The highest BCUT2D eigenvalue weighted by Crippen LogP contribution is 2.12. The summed E-state index contributed by atoms with van der Waals surface area (Å²) in [5.41, 5.74) is 0. The molecule has 1 aromatic rings. The summed E-state index contributed by atoms with van der Waals surface area (Å²) in [5, 5.41) is 3.41. The monoisotopic (exact) mass is 504 g/mol. The zero-order chi connectivity index (χ0) is 18.7. The minimum Gasteiger partial charge on any atom is -0.379 e. The van der Waals surface area contributed by atoms with Gasteiger partial charge in [0.2, 0.25) is 5.95 Å². The standard InChI is InChI=1S/C19H32N6O2.HI/c1-2-20-18(23-9-5-14-26-16-17-6-3-15-27-17)24-10-12-25(13-11-24)19-21-7-4-8-22-19;/h4,7-8,17H,2-3,5-6,9-16H2,1H3,(H,20,23);1H. The van der Waals surface area contributed by atoms with Crippen LogP contribution in [0.1, 0.15) is 26.2 Å². The Kier molecular flexibility index (Phi) is 10.8. The third-order valence-corrected chi connectivity index (χ3v) is 4.79. The number of hydrogen-bond acceptors (Lipinski definition) is 6.